The summed E-state index contributed by atoms with van der Waals surface area (Å²) in [4.78, 5) is 6.76. The van der Waals surface area contributed by atoms with Crippen LogP contribution in [0.1, 0.15) is 41.3 Å². The van der Waals surface area contributed by atoms with Crippen LogP contribution in [0.3, 0.4) is 0 Å². The van der Waals surface area contributed by atoms with Crippen molar-refractivity contribution in [2.45, 2.75) is 38.9 Å². The van der Waals surface area contributed by atoms with E-state index in [4.69, 9.17) is 4.74 Å². The van der Waals surface area contributed by atoms with Crippen LogP contribution in [0, 0.1) is 19.7 Å². The van der Waals surface area contributed by atoms with E-state index in [1.807, 2.05) is 38.1 Å². The van der Waals surface area contributed by atoms with Gasteiger partial charge in [0.05, 0.1) is 11.8 Å². The van der Waals surface area contributed by atoms with Gasteiger partial charge in [0.15, 0.2) is 0 Å². The molecule has 1 aromatic carbocycles. The summed E-state index contributed by atoms with van der Waals surface area (Å²) in [6, 6.07) is 9.25. The second kappa shape index (κ2) is 7.41. The zero-order valence-electron chi connectivity index (χ0n) is 14.6. The quantitative estimate of drug-likeness (QED) is 0.847. The Hall–Kier alpha value is -1.78. The maximum absolute atomic E-state index is 14.6. The fourth-order valence-corrected chi connectivity index (χ4v) is 3.16. The number of pyridine rings is 1. The Kier molecular flexibility index (Phi) is 5.27. The van der Waals surface area contributed by atoms with Crippen molar-refractivity contribution in [3.63, 3.8) is 0 Å². The molecule has 1 aliphatic rings. The van der Waals surface area contributed by atoms with Crippen LogP contribution < -0.4 is 0 Å². The summed E-state index contributed by atoms with van der Waals surface area (Å²) in [7, 11) is 2.12. The summed E-state index contributed by atoms with van der Waals surface area (Å²) >= 11 is 0. The molecule has 1 unspecified atom stereocenters. The highest BCUT2D eigenvalue weighted by Gasteiger charge is 2.26. The van der Waals surface area contributed by atoms with Crippen molar-refractivity contribution in [3.8, 4) is 0 Å². The fraction of sp³-hybridized carbons (Fsp3) is 0.450. The minimum Gasteiger partial charge on any atom is -0.364 e. The lowest BCUT2D eigenvalue weighted by Gasteiger charge is -2.32. The first-order valence-corrected chi connectivity index (χ1v) is 8.55. The predicted molar refractivity (Wildman–Crippen MR) is 93.6 cm³/mol. The van der Waals surface area contributed by atoms with Gasteiger partial charge in [0.1, 0.15) is 11.9 Å². The summed E-state index contributed by atoms with van der Waals surface area (Å²) in [6.07, 6.45) is 3.37. The monoisotopic (exact) mass is 328 g/mol. The molecule has 24 heavy (non-hydrogen) atoms. The van der Waals surface area contributed by atoms with E-state index in [0.29, 0.717) is 5.56 Å². The molecule has 0 bridgehead atoms. The number of hydrogen-bond acceptors (Lipinski definition) is 3. The Balaban J connectivity index is 1.91. The molecule has 1 atom stereocenters. The molecule has 0 saturated carbocycles. The molecule has 4 heteroatoms. The van der Waals surface area contributed by atoms with Crippen LogP contribution >= 0.6 is 0 Å². The van der Waals surface area contributed by atoms with Gasteiger partial charge in [-0.1, -0.05) is 12.1 Å². The van der Waals surface area contributed by atoms with Gasteiger partial charge in [0, 0.05) is 24.8 Å². The van der Waals surface area contributed by atoms with E-state index in [2.05, 4.69) is 16.9 Å². The van der Waals surface area contributed by atoms with E-state index < -0.39 is 6.10 Å². The SMILES string of the molecule is Cc1ccnc(C(OC2CCN(C)CC2)c2ccc(C)cc2F)c1. The number of rotatable bonds is 4. The fourth-order valence-electron chi connectivity index (χ4n) is 3.16. The van der Waals surface area contributed by atoms with Crippen molar-refractivity contribution in [3.05, 3.63) is 64.7 Å². The summed E-state index contributed by atoms with van der Waals surface area (Å²) < 4.78 is 20.9. The first-order chi connectivity index (χ1) is 11.5. The molecule has 2 heterocycles. The average Bonchev–Trinajstić information content (AvgIpc) is 2.55. The first-order valence-electron chi connectivity index (χ1n) is 8.55. The van der Waals surface area contributed by atoms with Gasteiger partial charge in [-0.05, 0) is 63.1 Å². The van der Waals surface area contributed by atoms with Crippen LogP contribution in [-0.4, -0.2) is 36.1 Å². The third-order valence-corrected chi connectivity index (χ3v) is 4.64. The van der Waals surface area contributed by atoms with Gasteiger partial charge in [-0.3, -0.25) is 4.98 Å². The van der Waals surface area contributed by atoms with Crippen molar-refractivity contribution >= 4 is 0 Å². The van der Waals surface area contributed by atoms with Crippen LogP contribution in [0.2, 0.25) is 0 Å². The minimum atomic E-state index is -0.459. The Morgan fingerprint density at radius 2 is 1.83 bits per heavy atom. The highest BCUT2D eigenvalue weighted by Crippen LogP contribution is 2.31. The van der Waals surface area contributed by atoms with Gasteiger partial charge >= 0.3 is 0 Å². The maximum atomic E-state index is 14.6. The largest absolute Gasteiger partial charge is 0.364 e. The highest BCUT2D eigenvalue weighted by molar-refractivity contribution is 5.31. The molecule has 0 radical (unpaired) electrons. The Morgan fingerprint density at radius 3 is 2.50 bits per heavy atom. The Bertz CT molecular complexity index is 696. The predicted octanol–water partition coefficient (Wildman–Crippen LogP) is 4.04. The third kappa shape index (κ3) is 4.00. The van der Waals surface area contributed by atoms with E-state index in [-0.39, 0.29) is 11.9 Å². The van der Waals surface area contributed by atoms with Crippen LogP contribution in [-0.2, 0) is 4.74 Å². The second-order valence-corrected chi connectivity index (χ2v) is 6.80. The molecule has 1 fully saturated rings. The van der Waals surface area contributed by atoms with Gasteiger partial charge in [0.25, 0.3) is 0 Å². The minimum absolute atomic E-state index is 0.134. The normalized spacial score (nSPS) is 17.8. The van der Waals surface area contributed by atoms with E-state index in [0.717, 1.165) is 42.8 Å². The smallest absolute Gasteiger partial charge is 0.129 e. The number of benzene rings is 1. The summed E-state index contributed by atoms with van der Waals surface area (Å²) in [6.45, 7) is 5.93. The standard InChI is InChI=1S/C20H25FN2O/c1-14-4-5-17(18(21)12-14)20(19-13-15(2)6-9-22-19)24-16-7-10-23(3)11-8-16/h4-6,9,12-13,16,20H,7-8,10-11H2,1-3H3. The molecule has 1 aromatic heterocycles. The average molecular weight is 328 g/mol. The van der Waals surface area contributed by atoms with E-state index in [1.54, 1.807) is 12.3 Å². The van der Waals surface area contributed by atoms with Gasteiger partial charge in [-0.25, -0.2) is 4.39 Å². The topological polar surface area (TPSA) is 25.4 Å². The maximum Gasteiger partial charge on any atom is 0.129 e. The Morgan fingerprint density at radius 1 is 1.12 bits per heavy atom. The number of aromatic nitrogens is 1. The van der Waals surface area contributed by atoms with Crippen LogP contribution in [0.4, 0.5) is 4.39 Å². The first kappa shape index (κ1) is 17.1. The zero-order valence-corrected chi connectivity index (χ0v) is 14.6. The zero-order chi connectivity index (χ0) is 17.1. The summed E-state index contributed by atoms with van der Waals surface area (Å²) in [5, 5.41) is 0. The molecule has 1 saturated heterocycles. The molecule has 2 aromatic rings. The highest BCUT2D eigenvalue weighted by atomic mass is 19.1. The van der Waals surface area contributed by atoms with E-state index in [9.17, 15) is 4.39 Å². The molecule has 0 N–H and O–H groups in total. The lowest BCUT2D eigenvalue weighted by atomic mass is 10.0. The molecule has 128 valence electrons. The molecule has 0 aliphatic carbocycles. The lowest BCUT2D eigenvalue weighted by Crippen LogP contribution is -2.35. The number of hydrogen-bond donors (Lipinski definition) is 0. The number of nitrogens with zero attached hydrogens (tertiary/aromatic N) is 2. The van der Waals surface area contributed by atoms with Crippen molar-refractivity contribution in [1.82, 2.24) is 9.88 Å². The van der Waals surface area contributed by atoms with E-state index >= 15 is 0 Å². The third-order valence-electron chi connectivity index (χ3n) is 4.64. The molecular weight excluding hydrogens is 303 g/mol. The molecule has 1 aliphatic heterocycles. The van der Waals surface area contributed by atoms with Gasteiger partial charge in [-0.15, -0.1) is 0 Å². The van der Waals surface area contributed by atoms with Crippen molar-refractivity contribution < 1.29 is 9.13 Å². The number of aryl methyl sites for hydroxylation is 2. The van der Waals surface area contributed by atoms with E-state index in [1.165, 1.54) is 0 Å². The Labute approximate surface area is 143 Å². The molecule has 3 nitrogen and oxygen atoms in total. The summed E-state index contributed by atoms with van der Waals surface area (Å²) in [5.74, 6) is -0.226. The van der Waals surface area contributed by atoms with Gasteiger partial charge in [0.2, 0.25) is 0 Å². The summed E-state index contributed by atoms with van der Waals surface area (Å²) in [5.41, 5.74) is 3.35. The van der Waals surface area contributed by atoms with Crippen molar-refractivity contribution in [2.24, 2.45) is 0 Å². The molecule has 0 amide bonds. The molecule has 3 rings (SSSR count). The van der Waals surface area contributed by atoms with Crippen molar-refractivity contribution in [1.29, 1.82) is 0 Å². The van der Waals surface area contributed by atoms with Crippen LogP contribution in [0.25, 0.3) is 0 Å². The number of ether oxygens (including phenoxy) is 1. The van der Waals surface area contributed by atoms with Gasteiger partial charge in [-0.2, -0.15) is 0 Å². The second-order valence-electron chi connectivity index (χ2n) is 6.80. The molecular formula is C20H25FN2O. The molecule has 0 spiro atoms. The van der Waals surface area contributed by atoms with Crippen LogP contribution in [0.5, 0.6) is 0 Å². The van der Waals surface area contributed by atoms with Crippen molar-refractivity contribution in [2.75, 3.05) is 20.1 Å². The lowest BCUT2D eigenvalue weighted by molar-refractivity contribution is -0.0263. The number of piperidine rings is 1. The number of likely N-dealkylation sites (tertiary alicyclic amines) is 1. The van der Waals surface area contributed by atoms with Crippen LogP contribution in [0.15, 0.2) is 36.5 Å². The van der Waals surface area contributed by atoms with Gasteiger partial charge < -0.3 is 9.64 Å². The number of halogens is 1.